The molecule has 2 aromatic carbocycles. The number of fused-ring (bicyclic) bond motifs is 3. The van der Waals surface area contributed by atoms with Crippen molar-refractivity contribution in [3.05, 3.63) is 72.2 Å². The van der Waals surface area contributed by atoms with E-state index in [0.29, 0.717) is 13.2 Å². The Bertz CT molecular complexity index is 1290. The van der Waals surface area contributed by atoms with Crippen LogP contribution in [0, 0.1) is 0 Å². The summed E-state index contributed by atoms with van der Waals surface area (Å²) in [5.74, 6) is 0. The third-order valence-corrected chi connectivity index (χ3v) is 6.38. The van der Waals surface area contributed by atoms with E-state index in [1.165, 1.54) is 17.5 Å². The summed E-state index contributed by atoms with van der Waals surface area (Å²) in [7, 11) is 0. The number of thiazole rings is 1. The van der Waals surface area contributed by atoms with Crippen LogP contribution >= 0.6 is 11.3 Å². The molecule has 158 valence electrons. The second-order valence-electron chi connectivity index (χ2n) is 7.63. The van der Waals surface area contributed by atoms with Crippen LogP contribution in [0.2, 0.25) is 0 Å². The van der Waals surface area contributed by atoms with Gasteiger partial charge < -0.3 is 4.74 Å². The van der Waals surface area contributed by atoms with Gasteiger partial charge >= 0.3 is 0 Å². The number of hydrogen-bond acceptors (Lipinski definition) is 5. The molecule has 3 heterocycles. The molecule has 0 unspecified atom stereocenters. The average Bonchev–Trinajstić information content (AvgIpc) is 3.49. The standard InChI is InChI=1S/C24H25N5OS/c1-2-3-9-14-28-15-19(26-27-28)16-30-17-21-23(18-10-5-4-6-11-18)25-24-29(21)20-12-7-8-13-22(20)31-24/h4-8,10-13,15H,2-3,9,14,16-17H2,1H3. The van der Waals surface area contributed by atoms with Crippen molar-refractivity contribution in [3.63, 3.8) is 0 Å². The molecular formula is C24H25N5OS. The maximum Gasteiger partial charge on any atom is 0.195 e. The van der Waals surface area contributed by atoms with Crippen molar-refractivity contribution in [2.45, 2.75) is 45.9 Å². The lowest BCUT2D eigenvalue weighted by Crippen LogP contribution is -2.00. The largest absolute Gasteiger partial charge is 0.369 e. The van der Waals surface area contributed by atoms with Crippen LogP contribution in [0.15, 0.2) is 60.8 Å². The normalized spacial score (nSPS) is 11.6. The summed E-state index contributed by atoms with van der Waals surface area (Å²) in [5.41, 5.74) is 5.16. The first-order valence-electron chi connectivity index (χ1n) is 10.7. The van der Waals surface area contributed by atoms with Crippen molar-refractivity contribution in [2.75, 3.05) is 0 Å². The lowest BCUT2D eigenvalue weighted by molar-refractivity contribution is 0.102. The maximum atomic E-state index is 6.12. The molecule has 31 heavy (non-hydrogen) atoms. The number of benzene rings is 2. The van der Waals surface area contributed by atoms with Gasteiger partial charge in [0, 0.05) is 12.1 Å². The highest BCUT2D eigenvalue weighted by Crippen LogP contribution is 2.33. The Morgan fingerprint density at radius 3 is 2.68 bits per heavy atom. The van der Waals surface area contributed by atoms with E-state index in [1.807, 2.05) is 29.1 Å². The summed E-state index contributed by atoms with van der Waals surface area (Å²) in [5, 5.41) is 8.49. The van der Waals surface area contributed by atoms with Gasteiger partial charge in [-0.15, -0.1) is 5.10 Å². The summed E-state index contributed by atoms with van der Waals surface area (Å²) in [4.78, 5) is 5.95. The van der Waals surface area contributed by atoms with Crippen LogP contribution in [-0.2, 0) is 24.5 Å². The molecule has 0 fully saturated rings. The van der Waals surface area contributed by atoms with Crippen LogP contribution in [-0.4, -0.2) is 24.4 Å². The Labute approximate surface area is 185 Å². The molecule has 0 aliphatic heterocycles. The van der Waals surface area contributed by atoms with Crippen LogP contribution in [0.1, 0.15) is 37.6 Å². The van der Waals surface area contributed by atoms with Gasteiger partial charge in [0.25, 0.3) is 0 Å². The number of aryl methyl sites for hydroxylation is 1. The number of imidazole rings is 1. The first kappa shape index (κ1) is 19.9. The van der Waals surface area contributed by atoms with Crippen molar-refractivity contribution in [1.29, 1.82) is 0 Å². The van der Waals surface area contributed by atoms with Gasteiger partial charge in [-0.1, -0.05) is 78.8 Å². The Morgan fingerprint density at radius 1 is 0.968 bits per heavy atom. The number of para-hydroxylation sites is 1. The quantitative estimate of drug-likeness (QED) is 0.280. The molecule has 5 aromatic rings. The summed E-state index contributed by atoms with van der Waals surface area (Å²) in [6, 6.07) is 18.7. The molecule has 5 rings (SSSR count). The van der Waals surface area contributed by atoms with Crippen molar-refractivity contribution >= 4 is 26.5 Å². The number of nitrogens with zero attached hydrogens (tertiary/aromatic N) is 5. The van der Waals surface area contributed by atoms with Crippen molar-refractivity contribution < 1.29 is 4.74 Å². The lowest BCUT2D eigenvalue weighted by atomic mass is 10.1. The second kappa shape index (κ2) is 8.99. The van der Waals surface area contributed by atoms with Gasteiger partial charge in [-0.05, 0) is 18.6 Å². The molecule has 7 heteroatoms. The number of rotatable bonds is 9. The fourth-order valence-corrected chi connectivity index (χ4v) is 4.87. The van der Waals surface area contributed by atoms with E-state index in [4.69, 9.17) is 9.72 Å². The van der Waals surface area contributed by atoms with Gasteiger partial charge in [0.05, 0.1) is 41.0 Å². The van der Waals surface area contributed by atoms with E-state index in [2.05, 4.69) is 58.0 Å². The fraction of sp³-hybridized carbons (Fsp3) is 0.292. The minimum atomic E-state index is 0.428. The van der Waals surface area contributed by atoms with E-state index in [9.17, 15) is 0 Å². The minimum absolute atomic E-state index is 0.428. The van der Waals surface area contributed by atoms with Crippen LogP contribution in [0.25, 0.3) is 26.4 Å². The highest BCUT2D eigenvalue weighted by molar-refractivity contribution is 7.23. The van der Waals surface area contributed by atoms with Gasteiger partial charge in [0.2, 0.25) is 0 Å². The zero-order valence-corrected chi connectivity index (χ0v) is 18.4. The molecule has 3 aromatic heterocycles. The monoisotopic (exact) mass is 431 g/mol. The maximum absolute atomic E-state index is 6.12. The Morgan fingerprint density at radius 2 is 1.81 bits per heavy atom. The third kappa shape index (κ3) is 4.11. The van der Waals surface area contributed by atoms with E-state index in [0.717, 1.165) is 46.1 Å². The molecule has 0 atom stereocenters. The number of unbranched alkanes of at least 4 members (excludes halogenated alkanes) is 2. The van der Waals surface area contributed by atoms with Crippen molar-refractivity contribution in [1.82, 2.24) is 24.4 Å². The molecule has 0 aliphatic carbocycles. The number of aromatic nitrogens is 5. The summed E-state index contributed by atoms with van der Waals surface area (Å²) >= 11 is 1.70. The Hall–Kier alpha value is -3.03. The number of hydrogen-bond donors (Lipinski definition) is 0. The van der Waals surface area contributed by atoms with E-state index in [-0.39, 0.29) is 0 Å². The molecule has 6 nitrogen and oxygen atoms in total. The van der Waals surface area contributed by atoms with Crippen molar-refractivity contribution in [3.8, 4) is 11.3 Å². The van der Waals surface area contributed by atoms with Crippen LogP contribution in [0.4, 0.5) is 0 Å². The van der Waals surface area contributed by atoms with E-state index < -0.39 is 0 Å². The highest BCUT2D eigenvalue weighted by atomic mass is 32.1. The predicted molar refractivity (Wildman–Crippen MR) is 124 cm³/mol. The first-order chi connectivity index (χ1) is 15.3. The van der Waals surface area contributed by atoms with E-state index in [1.54, 1.807) is 11.3 Å². The Kier molecular flexibility index (Phi) is 5.78. The lowest BCUT2D eigenvalue weighted by Gasteiger charge is -2.06. The minimum Gasteiger partial charge on any atom is -0.369 e. The Balaban J connectivity index is 1.40. The molecule has 0 radical (unpaired) electrons. The van der Waals surface area contributed by atoms with Gasteiger partial charge in [0.1, 0.15) is 5.69 Å². The summed E-state index contributed by atoms with van der Waals surface area (Å²) < 4.78 is 11.5. The zero-order valence-electron chi connectivity index (χ0n) is 17.6. The molecule has 0 spiro atoms. The van der Waals surface area contributed by atoms with Crippen molar-refractivity contribution in [2.24, 2.45) is 0 Å². The third-order valence-electron chi connectivity index (χ3n) is 5.36. The summed E-state index contributed by atoms with van der Waals surface area (Å²) in [6.07, 6.45) is 5.52. The second-order valence-corrected chi connectivity index (χ2v) is 8.64. The van der Waals surface area contributed by atoms with Crippen LogP contribution in [0.3, 0.4) is 0 Å². The smallest absolute Gasteiger partial charge is 0.195 e. The van der Waals surface area contributed by atoms with Gasteiger partial charge in [-0.3, -0.25) is 9.08 Å². The topological polar surface area (TPSA) is 57.2 Å². The molecule has 0 saturated carbocycles. The average molecular weight is 432 g/mol. The zero-order chi connectivity index (χ0) is 21.0. The van der Waals surface area contributed by atoms with Gasteiger partial charge in [0.15, 0.2) is 4.96 Å². The molecule has 0 aliphatic rings. The van der Waals surface area contributed by atoms with Gasteiger partial charge in [-0.2, -0.15) is 0 Å². The summed E-state index contributed by atoms with van der Waals surface area (Å²) in [6.45, 7) is 3.99. The van der Waals surface area contributed by atoms with Crippen LogP contribution < -0.4 is 0 Å². The van der Waals surface area contributed by atoms with Gasteiger partial charge in [-0.25, -0.2) is 4.98 Å². The highest BCUT2D eigenvalue weighted by Gasteiger charge is 2.18. The SMILES string of the molecule is CCCCCn1cc(COCc2c(-c3ccccc3)nc3sc4ccccc4n23)nn1. The molecule has 0 bridgehead atoms. The van der Waals surface area contributed by atoms with Crippen LogP contribution in [0.5, 0.6) is 0 Å². The number of ether oxygens (including phenoxy) is 1. The predicted octanol–water partition coefficient (Wildman–Crippen LogP) is 5.71. The molecular weight excluding hydrogens is 406 g/mol. The van der Waals surface area contributed by atoms with E-state index >= 15 is 0 Å². The fourth-order valence-electron chi connectivity index (χ4n) is 3.83. The molecule has 0 amide bonds. The first-order valence-corrected chi connectivity index (χ1v) is 11.6. The molecule has 0 N–H and O–H groups in total. The molecule has 0 saturated heterocycles.